The summed E-state index contributed by atoms with van der Waals surface area (Å²) < 4.78 is 0. The van der Waals surface area contributed by atoms with Crippen molar-refractivity contribution in [1.82, 2.24) is 9.80 Å². The molecule has 1 amide bonds. The van der Waals surface area contributed by atoms with Crippen molar-refractivity contribution < 1.29 is 4.79 Å². The molecule has 0 aromatic carbocycles. The summed E-state index contributed by atoms with van der Waals surface area (Å²) in [5, 5.41) is 0. The molecule has 0 saturated carbocycles. The monoisotopic (exact) mass is 224 g/mol. The number of carbonyl (C=O) groups excluding carboxylic acids is 1. The van der Waals surface area contributed by atoms with E-state index in [9.17, 15) is 4.79 Å². The van der Waals surface area contributed by atoms with Crippen LogP contribution in [-0.4, -0.2) is 46.9 Å². The molecule has 0 unspecified atom stereocenters. The fourth-order valence-corrected chi connectivity index (χ4v) is 3.41. The Bertz CT molecular complexity index is 267. The van der Waals surface area contributed by atoms with Crippen LogP contribution in [0.5, 0.6) is 0 Å². The third-order valence-corrected chi connectivity index (χ3v) is 4.44. The van der Waals surface area contributed by atoms with Crippen molar-refractivity contribution in [3.63, 3.8) is 0 Å². The molecule has 16 heavy (non-hydrogen) atoms. The molecule has 0 radical (unpaired) electrons. The molecule has 3 nitrogen and oxygen atoms in total. The first-order chi connectivity index (χ1) is 7.55. The normalized spacial score (nSPS) is 25.6. The number of carbonyl (C=O) groups is 1. The highest BCUT2D eigenvalue weighted by molar-refractivity contribution is 5.74. The predicted molar refractivity (Wildman–Crippen MR) is 65.3 cm³/mol. The highest BCUT2D eigenvalue weighted by Crippen LogP contribution is 2.38. The van der Waals surface area contributed by atoms with Crippen molar-refractivity contribution >= 4 is 5.91 Å². The number of piperidine rings is 1. The van der Waals surface area contributed by atoms with Gasteiger partial charge < -0.3 is 9.80 Å². The smallest absolute Gasteiger partial charge is 0.219 e. The lowest BCUT2D eigenvalue weighted by atomic mass is 9.84. The van der Waals surface area contributed by atoms with Gasteiger partial charge >= 0.3 is 0 Å². The fraction of sp³-hybridized carbons (Fsp3) is 0.923. The molecule has 0 aliphatic carbocycles. The zero-order valence-corrected chi connectivity index (χ0v) is 10.8. The van der Waals surface area contributed by atoms with E-state index in [2.05, 4.69) is 23.6 Å². The number of hydrogen-bond acceptors (Lipinski definition) is 2. The SMILES string of the molecule is CC(=O)N1CCCC12CCN(C(C)C)CC2. The highest BCUT2D eigenvalue weighted by atomic mass is 16.2. The second-order valence-corrected chi connectivity index (χ2v) is 5.63. The van der Waals surface area contributed by atoms with Gasteiger partial charge in [-0.3, -0.25) is 4.79 Å². The summed E-state index contributed by atoms with van der Waals surface area (Å²) in [6.07, 6.45) is 4.76. The molecular formula is C13H24N2O. The third-order valence-electron chi connectivity index (χ3n) is 4.44. The van der Waals surface area contributed by atoms with Crippen LogP contribution >= 0.6 is 0 Å². The van der Waals surface area contributed by atoms with Crippen LogP contribution in [0, 0.1) is 0 Å². The van der Waals surface area contributed by atoms with Crippen LogP contribution in [0.2, 0.25) is 0 Å². The Morgan fingerprint density at radius 2 is 1.75 bits per heavy atom. The number of hydrogen-bond donors (Lipinski definition) is 0. The maximum atomic E-state index is 11.6. The molecule has 2 rings (SSSR count). The zero-order chi connectivity index (χ0) is 11.8. The first-order valence-electron chi connectivity index (χ1n) is 6.57. The second-order valence-electron chi connectivity index (χ2n) is 5.63. The van der Waals surface area contributed by atoms with Gasteiger partial charge in [0.2, 0.25) is 5.91 Å². The first kappa shape index (κ1) is 11.9. The second kappa shape index (κ2) is 4.36. The van der Waals surface area contributed by atoms with Crippen LogP contribution in [0.3, 0.4) is 0 Å². The Morgan fingerprint density at radius 3 is 2.25 bits per heavy atom. The average Bonchev–Trinajstić information content (AvgIpc) is 2.62. The van der Waals surface area contributed by atoms with Gasteiger partial charge in [-0.25, -0.2) is 0 Å². The Hall–Kier alpha value is -0.570. The van der Waals surface area contributed by atoms with Crippen molar-refractivity contribution in [1.29, 1.82) is 0 Å². The van der Waals surface area contributed by atoms with E-state index in [-0.39, 0.29) is 11.4 Å². The van der Waals surface area contributed by atoms with E-state index in [1.165, 1.54) is 25.7 Å². The molecule has 0 aromatic heterocycles. The van der Waals surface area contributed by atoms with Crippen LogP contribution in [-0.2, 0) is 4.79 Å². The maximum absolute atomic E-state index is 11.6. The minimum Gasteiger partial charge on any atom is -0.337 e. The van der Waals surface area contributed by atoms with Crippen LogP contribution in [0.1, 0.15) is 46.5 Å². The lowest BCUT2D eigenvalue weighted by molar-refractivity contribution is -0.134. The Balaban J connectivity index is 2.03. The fourth-order valence-electron chi connectivity index (χ4n) is 3.41. The van der Waals surface area contributed by atoms with Gasteiger partial charge in [0, 0.05) is 38.1 Å². The van der Waals surface area contributed by atoms with Gasteiger partial charge in [0.25, 0.3) is 0 Å². The Kier molecular flexibility index (Phi) is 3.24. The summed E-state index contributed by atoms with van der Waals surface area (Å²) in [4.78, 5) is 16.3. The molecule has 2 saturated heterocycles. The third kappa shape index (κ3) is 1.97. The lowest BCUT2D eigenvalue weighted by Crippen LogP contribution is -2.54. The average molecular weight is 224 g/mol. The van der Waals surface area contributed by atoms with Crippen LogP contribution in [0.4, 0.5) is 0 Å². The van der Waals surface area contributed by atoms with Gasteiger partial charge in [-0.05, 0) is 39.5 Å². The topological polar surface area (TPSA) is 23.6 Å². The van der Waals surface area contributed by atoms with E-state index in [4.69, 9.17) is 0 Å². The summed E-state index contributed by atoms with van der Waals surface area (Å²) in [5.41, 5.74) is 0.219. The summed E-state index contributed by atoms with van der Waals surface area (Å²) >= 11 is 0. The van der Waals surface area contributed by atoms with E-state index < -0.39 is 0 Å². The molecule has 3 heteroatoms. The summed E-state index contributed by atoms with van der Waals surface area (Å²) in [5.74, 6) is 0.274. The first-order valence-corrected chi connectivity index (χ1v) is 6.57. The molecule has 2 heterocycles. The largest absolute Gasteiger partial charge is 0.337 e. The molecule has 2 fully saturated rings. The van der Waals surface area contributed by atoms with Crippen LogP contribution in [0.25, 0.3) is 0 Å². The van der Waals surface area contributed by atoms with Gasteiger partial charge in [0.05, 0.1) is 0 Å². The van der Waals surface area contributed by atoms with Gasteiger partial charge in [0.15, 0.2) is 0 Å². The lowest BCUT2D eigenvalue weighted by Gasteiger charge is -2.45. The standard InChI is InChI=1S/C13H24N2O/c1-11(2)14-9-6-13(7-10-14)5-4-8-15(13)12(3)16/h11H,4-10H2,1-3H3. The summed E-state index contributed by atoms with van der Waals surface area (Å²) in [7, 11) is 0. The summed E-state index contributed by atoms with van der Waals surface area (Å²) in [6.45, 7) is 9.53. The minimum atomic E-state index is 0.219. The Labute approximate surface area is 98.8 Å². The van der Waals surface area contributed by atoms with Crippen LogP contribution in [0.15, 0.2) is 0 Å². The van der Waals surface area contributed by atoms with E-state index in [1.54, 1.807) is 6.92 Å². The van der Waals surface area contributed by atoms with Crippen LogP contribution < -0.4 is 0 Å². The van der Waals surface area contributed by atoms with E-state index >= 15 is 0 Å². The molecule has 92 valence electrons. The number of amides is 1. The minimum absolute atomic E-state index is 0.219. The predicted octanol–water partition coefficient (Wildman–Crippen LogP) is 1.87. The summed E-state index contributed by atoms with van der Waals surface area (Å²) in [6, 6.07) is 0.643. The number of likely N-dealkylation sites (tertiary alicyclic amines) is 2. The molecule has 0 bridgehead atoms. The molecule has 0 N–H and O–H groups in total. The molecule has 0 atom stereocenters. The van der Waals surface area contributed by atoms with Crippen molar-refractivity contribution in [2.75, 3.05) is 19.6 Å². The molecule has 0 aromatic rings. The zero-order valence-electron chi connectivity index (χ0n) is 10.8. The van der Waals surface area contributed by atoms with Gasteiger partial charge in [-0.2, -0.15) is 0 Å². The Morgan fingerprint density at radius 1 is 1.12 bits per heavy atom. The van der Waals surface area contributed by atoms with E-state index in [0.29, 0.717) is 6.04 Å². The van der Waals surface area contributed by atoms with Gasteiger partial charge in [0.1, 0.15) is 0 Å². The maximum Gasteiger partial charge on any atom is 0.219 e. The molecule has 2 aliphatic heterocycles. The molecule has 1 spiro atoms. The van der Waals surface area contributed by atoms with Gasteiger partial charge in [-0.15, -0.1) is 0 Å². The molecule has 2 aliphatic rings. The van der Waals surface area contributed by atoms with Crippen molar-refractivity contribution in [3.05, 3.63) is 0 Å². The van der Waals surface area contributed by atoms with Crippen molar-refractivity contribution in [2.24, 2.45) is 0 Å². The van der Waals surface area contributed by atoms with Gasteiger partial charge in [-0.1, -0.05) is 0 Å². The highest BCUT2D eigenvalue weighted by Gasteiger charge is 2.44. The van der Waals surface area contributed by atoms with E-state index in [0.717, 1.165) is 19.6 Å². The van der Waals surface area contributed by atoms with Crippen molar-refractivity contribution in [2.45, 2.75) is 58.0 Å². The molecular weight excluding hydrogens is 200 g/mol. The number of nitrogens with zero attached hydrogens (tertiary/aromatic N) is 2. The van der Waals surface area contributed by atoms with Crippen molar-refractivity contribution in [3.8, 4) is 0 Å². The number of rotatable bonds is 1. The quantitative estimate of drug-likeness (QED) is 0.679. The van der Waals surface area contributed by atoms with E-state index in [1.807, 2.05) is 0 Å².